The highest BCUT2D eigenvalue weighted by Crippen LogP contribution is 2.36. The summed E-state index contributed by atoms with van der Waals surface area (Å²) in [6.45, 7) is 2.64. The Labute approximate surface area is 152 Å². The lowest BCUT2D eigenvalue weighted by molar-refractivity contribution is -0.145. The molecule has 0 aliphatic carbocycles. The van der Waals surface area contributed by atoms with Crippen molar-refractivity contribution in [2.75, 3.05) is 13.1 Å². The lowest BCUT2D eigenvalue weighted by Crippen LogP contribution is -2.49. The summed E-state index contributed by atoms with van der Waals surface area (Å²) in [4.78, 5) is 26.5. The van der Waals surface area contributed by atoms with Crippen LogP contribution in [0.4, 0.5) is 0 Å². The van der Waals surface area contributed by atoms with Crippen molar-refractivity contribution in [1.82, 2.24) is 4.90 Å². The molecule has 1 saturated heterocycles. The molecule has 1 fully saturated rings. The number of hydrogen-bond acceptors (Lipinski definition) is 2. The first kappa shape index (κ1) is 17.5. The fourth-order valence-electron chi connectivity index (χ4n) is 3.48. The van der Waals surface area contributed by atoms with E-state index in [2.05, 4.69) is 0 Å². The number of likely N-dealkylation sites (tertiary alicyclic amines) is 1. The first-order valence-electron chi connectivity index (χ1n) is 8.29. The second-order valence-electron chi connectivity index (χ2n) is 6.46. The van der Waals surface area contributed by atoms with Gasteiger partial charge >= 0.3 is 5.97 Å². The minimum absolute atomic E-state index is 0.0907. The van der Waals surface area contributed by atoms with Crippen molar-refractivity contribution in [3.05, 3.63) is 70.2 Å². The summed E-state index contributed by atoms with van der Waals surface area (Å²) in [7, 11) is 0. The molecule has 25 heavy (non-hydrogen) atoms. The van der Waals surface area contributed by atoms with Crippen LogP contribution in [-0.2, 0) is 10.2 Å². The van der Waals surface area contributed by atoms with Gasteiger partial charge in [-0.05, 0) is 43.0 Å². The first-order chi connectivity index (χ1) is 12.0. The van der Waals surface area contributed by atoms with Gasteiger partial charge in [0.15, 0.2) is 0 Å². The molecule has 1 aliphatic rings. The zero-order valence-electron chi connectivity index (χ0n) is 14.0. The molecule has 1 heterocycles. The van der Waals surface area contributed by atoms with Gasteiger partial charge < -0.3 is 10.0 Å². The predicted molar refractivity (Wildman–Crippen MR) is 97.1 cm³/mol. The van der Waals surface area contributed by atoms with Crippen molar-refractivity contribution < 1.29 is 14.7 Å². The monoisotopic (exact) mass is 357 g/mol. The molecule has 0 bridgehead atoms. The van der Waals surface area contributed by atoms with Gasteiger partial charge in [-0.1, -0.05) is 48.0 Å². The molecule has 0 spiro atoms. The maximum atomic E-state index is 12.8. The van der Waals surface area contributed by atoms with E-state index >= 15 is 0 Å². The number of hydrogen-bond donors (Lipinski definition) is 1. The number of aliphatic carboxylic acids is 1. The SMILES string of the molecule is Cc1c(Cl)cccc1C(=O)N1CCC(C(=O)O)(c2ccccc2)CC1. The number of nitrogens with zero attached hydrogens (tertiary/aromatic N) is 1. The maximum Gasteiger partial charge on any atom is 0.314 e. The average Bonchev–Trinajstić information content (AvgIpc) is 2.64. The summed E-state index contributed by atoms with van der Waals surface area (Å²) >= 11 is 6.12. The van der Waals surface area contributed by atoms with Crippen molar-refractivity contribution >= 4 is 23.5 Å². The Morgan fingerprint density at radius 1 is 1.04 bits per heavy atom. The Kier molecular flexibility index (Phi) is 4.82. The summed E-state index contributed by atoms with van der Waals surface area (Å²) in [5.41, 5.74) is 1.21. The van der Waals surface area contributed by atoms with Crippen LogP contribution in [0.15, 0.2) is 48.5 Å². The van der Waals surface area contributed by atoms with E-state index in [9.17, 15) is 14.7 Å². The zero-order chi connectivity index (χ0) is 18.0. The fraction of sp³-hybridized carbons (Fsp3) is 0.300. The Morgan fingerprint density at radius 2 is 1.68 bits per heavy atom. The van der Waals surface area contributed by atoms with E-state index in [4.69, 9.17) is 11.6 Å². The molecule has 0 unspecified atom stereocenters. The summed E-state index contributed by atoms with van der Waals surface area (Å²) in [6.07, 6.45) is 0.801. The standard InChI is InChI=1S/C20H20ClNO3/c1-14-16(8-5-9-17(14)21)18(23)22-12-10-20(11-13-22,19(24)25)15-6-3-2-4-7-15/h2-9H,10-13H2,1H3,(H,24,25). The summed E-state index contributed by atoms with van der Waals surface area (Å²) in [6, 6.07) is 14.6. The third kappa shape index (κ3) is 3.14. The van der Waals surface area contributed by atoms with E-state index in [1.807, 2.05) is 37.3 Å². The number of piperidine rings is 1. The van der Waals surface area contributed by atoms with Gasteiger partial charge in [-0.3, -0.25) is 9.59 Å². The van der Waals surface area contributed by atoms with Crippen molar-refractivity contribution in [1.29, 1.82) is 0 Å². The molecule has 2 aromatic rings. The van der Waals surface area contributed by atoms with Gasteiger partial charge in [0, 0.05) is 23.7 Å². The number of halogens is 1. The van der Waals surface area contributed by atoms with Gasteiger partial charge in [0.25, 0.3) is 5.91 Å². The fourth-order valence-corrected chi connectivity index (χ4v) is 3.66. The molecule has 1 N–H and O–H groups in total. The Balaban J connectivity index is 1.82. The normalized spacial score (nSPS) is 16.5. The maximum absolute atomic E-state index is 12.8. The lowest BCUT2D eigenvalue weighted by Gasteiger charge is -2.39. The van der Waals surface area contributed by atoms with Crippen LogP contribution >= 0.6 is 11.6 Å². The number of amides is 1. The number of rotatable bonds is 3. The summed E-state index contributed by atoms with van der Waals surface area (Å²) in [5, 5.41) is 10.4. The van der Waals surface area contributed by atoms with Gasteiger partial charge in [-0.25, -0.2) is 0 Å². The van der Waals surface area contributed by atoms with Crippen LogP contribution in [0.3, 0.4) is 0 Å². The first-order valence-corrected chi connectivity index (χ1v) is 8.67. The molecule has 130 valence electrons. The molecule has 2 aromatic carbocycles. The van der Waals surface area contributed by atoms with Crippen LogP contribution in [0.5, 0.6) is 0 Å². The number of carboxylic acid groups (broad SMARTS) is 1. The highest BCUT2D eigenvalue weighted by Gasteiger charge is 2.44. The largest absolute Gasteiger partial charge is 0.481 e. The lowest BCUT2D eigenvalue weighted by atomic mass is 9.72. The van der Waals surface area contributed by atoms with E-state index in [0.717, 1.165) is 11.1 Å². The second-order valence-corrected chi connectivity index (χ2v) is 6.87. The molecule has 3 rings (SSSR count). The van der Waals surface area contributed by atoms with E-state index < -0.39 is 11.4 Å². The average molecular weight is 358 g/mol. The van der Waals surface area contributed by atoms with Gasteiger partial charge in [0.1, 0.15) is 0 Å². The summed E-state index contributed by atoms with van der Waals surface area (Å²) in [5.74, 6) is -0.920. The zero-order valence-corrected chi connectivity index (χ0v) is 14.8. The number of carbonyl (C=O) groups excluding carboxylic acids is 1. The number of benzene rings is 2. The van der Waals surface area contributed by atoms with Gasteiger partial charge in [-0.2, -0.15) is 0 Å². The van der Waals surface area contributed by atoms with Crippen LogP contribution < -0.4 is 0 Å². The van der Waals surface area contributed by atoms with Crippen molar-refractivity contribution in [2.45, 2.75) is 25.2 Å². The molecule has 1 aliphatic heterocycles. The minimum Gasteiger partial charge on any atom is -0.481 e. The highest BCUT2D eigenvalue weighted by atomic mass is 35.5. The Hall–Kier alpha value is -2.33. The Morgan fingerprint density at radius 3 is 2.28 bits per heavy atom. The third-order valence-electron chi connectivity index (χ3n) is 5.14. The van der Waals surface area contributed by atoms with Crippen LogP contribution in [0, 0.1) is 6.92 Å². The van der Waals surface area contributed by atoms with Crippen LogP contribution in [0.25, 0.3) is 0 Å². The molecular weight excluding hydrogens is 338 g/mol. The Bertz CT molecular complexity index is 796. The molecule has 4 nitrogen and oxygen atoms in total. The van der Waals surface area contributed by atoms with Crippen molar-refractivity contribution in [3.8, 4) is 0 Å². The highest BCUT2D eigenvalue weighted by molar-refractivity contribution is 6.31. The smallest absolute Gasteiger partial charge is 0.314 e. The van der Waals surface area contributed by atoms with E-state index in [0.29, 0.717) is 36.5 Å². The van der Waals surface area contributed by atoms with Gasteiger partial charge in [0.05, 0.1) is 5.41 Å². The molecule has 0 saturated carbocycles. The summed E-state index contributed by atoms with van der Waals surface area (Å²) < 4.78 is 0. The molecular formula is C20H20ClNO3. The van der Waals surface area contributed by atoms with Crippen molar-refractivity contribution in [2.24, 2.45) is 0 Å². The van der Waals surface area contributed by atoms with Gasteiger partial charge in [-0.15, -0.1) is 0 Å². The molecule has 5 heteroatoms. The minimum atomic E-state index is -0.929. The van der Waals surface area contributed by atoms with E-state index in [-0.39, 0.29) is 5.91 Å². The van der Waals surface area contributed by atoms with Gasteiger partial charge in [0.2, 0.25) is 0 Å². The second kappa shape index (κ2) is 6.89. The van der Waals surface area contributed by atoms with Crippen LogP contribution in [-0.4, -0.2) is 35.0 Å². The van der Waals surface area contributed by atoms with Crippen LogP contribution in [0.1, 0.15) is 34.3 Å². The molecule has 0 radical (unpaired) electrons. The quantitative estimate of drug-likeness (QED) is 0.906. The molecule has 0 atom stereocenters. The number of carboxylic acids is 1. The predicted octanol–water partition coefficient (Wildman–Crippen LogP) is 3.91. The number of carbonyl (C=O) groups is 2. The van der Waals surface area contributed by atoms with Crippen LogP contribution in [0.2, 0.25) is 5.02 Å². The molecule has 0 aromatic heterocycles. The van der Waals surface area contributed by atoms with E-state index in [1.165, 1.54) is 0 Å². The topological polar surface area (TPSA) is 57.6 Å². The van der Waals surface area contributed by atoms with E-state index in [1.54, 1.807) is 23.1 Å². The third-order valence-corrected chi connectivity index (χ3v) is 5.55. The van der Waals surface area contributed by atoms with Crippen molar-refractivity contribution in [3.63, 3.8) is 0 Å². The molecule has 1 amide bonds.